The lowest BCUT2D eigenvalue weighted by Crippen LogP contribution is -2.05. The van der Waals surface area contributed by atoms with Crippen LogP contribution in [0.15, 0.2) is 6.07 Å². The van der Waals surface area contributed by atoms with Crippen molar-refractivity contribution >= 4 is 23.1 Å². The molecule has 7 heteroatoms. The molecule has 0 saturated carbocycles. The largest absolute Gasteiger partial charge is 0.493 e. The summed E-state index contributed by atoms with van der Waals surface area (Å²) in [6.07, 6.45) is 0. The van der Waals surface area contributed by atoms with Gasteiger partial charge in [0.1, 0.15) is 5.56 Å². The van der Waals surface area contributed by atoms with Crippen molar-refractivity contribution in [2.75, 3.05) is 14.2 Å². The van der Waals surface area contributed by atoms with Crippen LogP contribution in [0, 0.1) is 10.1 Å². The number of ketones is 1. The molecule has 0 saturated heterocycles. The zero-order valence-corrected chi connectivity index (χ0v) is 10.2. The molecule has 17 heavy (non-hydrogen) atoms. The van der Waals surface area contributed by atoms with Gasteiger partial charge in [-0.2, -0.15) is 0 Å². The second-order valence-electron chi connectivity index (χ2n) is 3.13. The third-order valence-electron chi connectivity index (χ3n) is 2.13. The van der Waals surface area contributed by atoms with Crippen LogP contribution in [0.25, 0.3) is 0 Å². The SMILES string of the molecule is COc1cc(Cl)c(C(C)=O)c([N+](=O)[O-])c1OC. The van der Waals surface area contributed by atoms with Crippen molar-refractivity contribution in [2.24, 2.45) is 0 Å². The molecule has 0 aliphatic carbocycles. The summed E-state index contributed by atoms with van der Waals surface area (Å²) in [5.74, 6) is -0.524. The molecule has 0 aliphatic heterocycles. The number of halogens is 1. The molecule has 0 spiro atoms. The zero-order valence-electron chi connectivity index (χ0n) is 9.44. The minimum atomic E-state index is -0.718. The molecule has 0 bridgehead atoms. The fourth-order valence-electron chi connectivity index (χ4n) is 1.45. The molecule has 1 aromatic carbocycles. The highest BCUT2D eigenvalue weighted by atomic mass is 35.5. The maximum Gasteiger partial charge on any atom is 0.327 e. The molecular formula is C10H10ClNO5. The van der Waals surface area contributed by atoms with Crippen LogP contribution < -0.4 is 9.47 Å². The highest BCUT2D eigenvalue weighted by Crippen LogP contribution is 2.43. The molecule has 0 heterocycles. The second kappa shape index (κ2) is 5.01. The van der Waals surface area contributed by atoms with E-state index < -0.39 is 16.4 Å². The number of rotatable bonds is 4. The van der Waals surface area contributed by atoms with Crippen molar-refractivity contribution in [3.63, 3.8) is 0 Å². The van der Waals surface area contributed by atoms with E-state index in [1.807, 2.05) is 0 Å². The molecule has 0 atom stereocenters. The van der Waals surface area contributed by atoms with Crippen LogP contribution in [0.3, 0.4) is 0 Å². The van der Waals surface area contributed by atoms with Crippen molar-refractivity contribution in [2.45, 2.75) is 6.92 Å². The summed E-state index contributed by atoms with van der Waals surface area (Å²) in [6, 6.07) is 1.31. The summed E-state index contributed by atoms with van der Waals surface area (Å²) in [7, 11) is 2.58. The van der Waals surface area contributed by atoms with E-state index in [-0.39, 0.29) is 22.1 Å². The molecule has 0 N–H and O–H groups in total. The van der Waals surface area contributed by atoms with E-state index in [0.717, 1.165) is 0 Å². The van der Waals surface area contributed by atoms with Crippen molar-refractivity contribution < 1.29 is 19.2 Å². The number of nitrogens with zero attached hydrogens (tertiary/aromatic N) is 1. The Kier molecular flexibility index (Phi) is 3.90. The first-order valence-corrected chi connectivity index (χ1v) is 4.91. The van der Waals surface area contributed by atoms with Gasteiger partial charge in [0.05, 0.1) is 24.2 Å². The van der Waals surface area contributed by atoms with Gasteiger partial charge in [-0.3, -0.25) is 14.9 Å². The van der Waals surface area contributed by atoms with Gasteiger partial charge < -0.3 is 9.47 Å². The van der Waals surface area contributed by atoms with Crippen LogP contribution in [0.1, 0.15) is 17.3 Å². The molecule has 0 aromatic heterocycles. The second-order valence-corrected chi connectivity index (χ2v) is 3.54. The van der Waals surface area contributed by atoms with E-state index in [9.17, 15) is 14.9 Å². The molecule has 92 valence electrons. The average Bonchev–Trinajstić information content (AvgIpc) is 2.26. The number of Topliss-reactive ketones (excluding diaryl/α,β-unsaturated/α-hetero) is 1. The number of carbonyl (C=O) groups is 1. The van der Waals surface area contributed by atoms with E-state index >= 15 is 0 Å². The quantitative estimate of drug-likeness (QED) is 0.471. The summed E-state index contributed by atoms with van der Waals surface area (Å²) >= 11 is 5.82. The van der Waals surface area contributed by atoms with E-state index in [2.05, 4.69) is 0 Å². The van der Waals surface area contributed by atoms with Gasteiger partial charge in [-0.15, -0.1) is 0 Å². The molecule has 1 aromatic rings. The predicted octanol–water partition coefficient (Wildman–Crippen LogP) is 2.47. The number of hydrogen-bond donors (Lipinski definition) is 0. The standard InChI is InChI=1S/C10H10ClNO5/c1-5(13)8-6(11)4-7(16-2)10(17-3)9(8)12(14)15/h4H,1-3H3. The summed E-state index contributed by atoms with van der Waals surface area (Å²) in [4.78, 5) is 21.6. The number of carbonyl (C=O) groups excluding carboxylic acids is 1. The predicted molar refractivity (Wildman–Crippen MR) is 61.2 cm³/mol. The summed E-state index contributed by atoms with van der Waals surface area (Å²) in [6.45, 7) is 1.19. The van der Waals surface area contributed by atoms with Gasteiger partial charge in [-0.1, -0.05) is 11.6 Å². The highest BCUT2D eigenvalue weighted by molar-refractivity contribution is 6.34. The van der Waals surface area contributed by atoms with Crippen LogP contribution in [-0.2, 0) is 0 Å². The van der Waals surface area contributed by atoms with Crippen LogP contribution in [0.4, 0.5) is 5.69 Å². The van der Waals surface area contributed by atoms with Gasteiger partial charge >= 0.3 is 5.69 Å². The summed E-state index contributed by atoms with van der Waals surface area (Å²) in [5.41, 5.74) is -0.668. The Hall–Kier alpha value is -1.82. The Morgan fingerprint density at radius 2 is 2.00 bits per heavy atom. The lowest BCUT2D eigenvalue weighted by molar-refractivity contribution is -0.386. The zero-order chi connectivity index (χ0) is 13.2. The fourth-order valence-corrected chi connectivity index (χ4v) is 1.78. The third-order valence-corrected chi connectivity index (χ3v) is 2.43. The van der Waals surface area contributed by atoms with E-state index in [1.165, 1.54) is 27.2 Å². The number of nitro benzene ring substituents is 1. The lowest BCUT2D eigenvalue weighted by Gasteiger charge is -2.11. The fraction of sp³-hybridized carbons (Fsp3) is 0.300. The van der Waals surface area contributed by atoms with Gasteiger partial charge in [0.25, 0.3) is 0 Å². The Labute approximate surface area is 102 Å². The lowest BCUT2D eigenvalue weighted by atomic mass is 10.1. The first-order chi connectivity index (χ1) is 7.93. The van der Waals surface area contributed by atoms with Crippen molar-refractivity contribution in [1.29, 1.82) is 0 Å². The summed E-state index contributed by atoms with van der Waals surface area (Å²) < 4.78 is 9.81. The number of hydrogen-bond acceptors (Lipinski definition) is 5. The van der Waals surface area contributed by atoms with Crippen molar-refractivity contribution in [1.82, 2.24) is 0 Å². The molecule has 0 fully saturated rings. The molecule has 0 radical (unpaired) electrons. The average molecular weight is 260 g/mol. The van der Waals surface area contributed by atoms with Crippen LogP contribution >= 0.6 is 11.6 Å². The topological polar surface area (TPSA) is 78.7 Å². The van der Waals surface area contributed by atoms with Crippen LogP contribution in [0.5, 0.6) is 11.5 Å². The van der Waals surface area contributed by atoms with Gasteiger partial charge in [-0.25, -0.2) is 0 Å². The first kappa shape index (κ1) is 13.2. The van der Waals surface area contributed by atoms with Crippen molar-refractivity contribution in [3.8, 4) is 11.5 Å². The van der Waals surface area contributed by atoms with Crippen molar-refractivity contribution in [3.05, 3.63) is 26.8 Å². The minimum Gasteiger partial charge on any atom is -0.493 e. The van der Waals surface area contributed by atoms with Gasteiger partial charge in [-0.05, 0) is 6.92 Å². The minimum absolute atomic E-state index is 0.0400. The third kappa shape index (κ3) is 2.31. The van der Waals surface area contributed by atoms with E-state index in [1.54, 1.807) is 0 Å². The van der Waals surface area contributed by atoms with Crippen LogP contribution in [0.2, 0.25) is 5.02 Å². The molecule has 6 nitrogen and oxygen atoms in total. The number of ether oxygens (including phenoxy) is 2. The van der Waals surface area contributed by atoms with Gasteiger partial charge in [0.15, 0.2) is 11.5 Å². The Morgan fingerprint density at radius 1 is 1.41 bits per heavy atom. The Bertz CT molecular complexity index is 486. The Morgan fingerprint density at radius 3 is 2.35 bits per heavy atom. The maximum atomic E-state index is 11.4. The normalized spacial score (nSPS) is 9.88. The highest BCUT2D eigenvalue weighted by Gasteiger charge is 2.30. The summed E-state index contributed by atoms with van der Waals surface area (Å²) in [5, 5.41) is 10.9. The Balaban J connectivity index is 3.73. The van der Waals surface area contributed by atoms with Gasteiger partial charge in [0.2, 0.25) is 5.75 Å². The van der Waals surface area contributed by atoms with E-state index in [0.29, 0.717) is 0 Å². The molecule has 0 amide bonds. The molecule has 0 aliphatic rings. The molecular weight excluding hydrogens is 250 g/mol. The molecule has 1 rings (SSSR count). The smallest absolute Gasteiger partial charge is 0.327 e. The number of nitro groups is 1. The molecule has 0 unspecified atom stereocenters. The number of methoxy groups -OCH3 is 2. The monoisotopic (exact) mass is 259 g/mol. The van der Waals surface area contributed by atoms with Crippen LogP contribution in [-0.4, -0.2) is 24.9 Å². The van der Waals surface area contributed by atoms with Gasteiger partial charge in [0, 0.05) is 6.07 Å². The number of benzene rings is 1. The first-order valence-electron chi connectivity index (χ1n) is 4.53. The maximum absolute atomic E-state index is 11.4. The van der Waals surface area contributed by atoms with E-state index in [4.69, 9.17) is 21.1 Å².